The van der Waals surface area contributed by atoms with Gasteiger partial charge in [-0.25, -0.2) is 0 Å². The third kappa shape index (κ3) is 3.90. The third-order valence-corrected chi connectivity index (χ3v) is 0.892. The highest BCUT2D eigenvalue weighted by molar-refractivity contribution is 6.30. The van der Waals surface area contributed by atoms with Crippen LogP contribution in [-0.4, -0.2) is 10.5 Å². The van der Waals surface area contributed by atoms with Gasteiger partial charge in [0.1, 0.15) is 0 Å². The molecule has 1 rings (SSSR count). The lowest BCUT2D eigenvalue weighted by atomic mass is 10.5. The monoisotopic (exact) mass is 148 g/mol. The van der Waals surface area contributed by atoms with Crippen molar-refractivity contribution in [2.45, 2.75) is 0 Å². The van der Waals surface area contributed by atoms with Crippen molar-refractivity contribution in [2.75, 3.05) is 0 Å². The first kappa shape index (κ1) is 11.2. The number of nitrogens with zero attached hydrogens (tertiary/aromatic N) is 1. The van der Waals surface area contributed by atoms with Gasteiger partial charge in [0.15, 0.2) is 0 Å². The zero-order valence-electron chi connectivity index (χ0n) is 4.84. The predicted octanol–water partition coefficient (Wildman–Crippen LogP) is 1.07. The van der Waals surface area contributed by atoms with Crippen LogP contribution in [0.1, 0.15) is 0 Å². The molecule has 0 unspecified atom stereocenters. The Morgan fingerprint density at radius 2 is 1.67 bits per heavy atom. The second-order valence-corrected chi connectivity index (χ2v) is 1.60. The number of rotatable bonds is 0. The summed E-state index contributed by atoms with van der Waals surface area (Å²) in [6, 6.07) is 3.48. The predicted molar refractivity (Wildman–Crippen MR) is 37.9 cm³/mol. The van der Waals surface area contributed by atoms with E-state index in [0.29, 0.717) is 0 Å². The zero-order valence-corrected chi connectivity index (χ0v) is 5.60. The Kier molecular flexibility index (Phi) is 6.84. The highest BCUT2D eigenvalue weighted by Gasteiger charge is 1.75. The molecule has 3 nitrogen and oxygen atoms in total. The number of halogens is 1. The van der Waals surface area contributed by atoms with Crippen LogP contribution < -0.4 is 6.15 Å². The van der Waals surface area contributed by atoms with Crippen LogP contribution >= 0.6 is 11.6 Å². The Labute approximate surface area is 58.6 Å². The summed E-state index contributed by atoms with van der Waals surface area (Å²) in [5.41, 5.74) is 0. The summed E-state index contributed by atoms with van der Waals surface area (Å²) in [5, 5.41) is 0.731. The maximum absolute atomic E-state index is 5.50. The summed E-state index contributed by atoms with van der Waals surface area (Å²) < 4.78 is 0. The van der Waals surface area contributed by atoms with E-state index in [2.05, 4.69) is 4.98 Å². The quantitative estimate of drug-likeness (QED) is 0.597. The Balaban J connectivity index is 0. The van der Waals surface area contributed by atoms with E-state index in [1.165, 1.54) is 0 Å². The van der Waals surface area contributed by atoms with Crippen LogP contribution in [0.25, 0.3) is 0 Å². The molecule has 4 heteroatoms. The Morgan fingerprint density at radius 1 is 1.22 bits per heavy atom. The van der Waals surface area contributed by atoms with Crippen molar-refractivity contribution in [3.8, 4) is 0 Å². The number of pyridine rings is 1. The molecule has 0 spiro atoms. The van der Waals surface area contributed by atoms with Crippen molar-refractivity contribution in [1.29, 1.82) is 0 Å². The Hall–Kier alpha value is -0.640. The van der Waals surface area contributed by atoms with Crippen LogP contribution in [0, 0.1) is 0 Å². The van der Waals surface area contributed by atoms with Crippen molar-refractivity contribution >= 4 is 11.6 Å². The van der Waals surface area contributed by atoms with E-state index in [1.807, 2.05) is 0 Å². The van der Waals surface area contributed by atoms with Crippen LogP contribution in [0.4, 0.5) is 0 Å². The molecule has 0 fully saturated rings. The fourth-order valence-electron chi connectivity index (χ4n) is 0.334. The lowest BCUT2D eigenvalue weighted by Gasteiger charge is -1.79. The largest absolute Gasteiger partial charge is 0.412 e. The van der Waals surface area contributed by atoms with Gasteiger partial charge < -0.3 is 11.6 Å². The molecule has 0 radical (unpaired) electrons. The van der Waals surface area contributed by atoms with Gasteiger partial charge in [-0.1, -0.05) is 11.6 Å². The fraction of sp³-hybridized carbons (Fsp3) is 0. The van der Waals surface area contributed by atoms with E-state index in [1.54, 1.807) is 24.5 Å². The molecule has 0 bridgehead atoms. The molecule has 0 atom stereocenters. The molecule has 0 aliphatic rings. The summed E-state index contributed by atoms with van der Waals surface area (Å²) >= 11 is 5.50. The van der Waals surface area contributed by atoms with Gasteiger partial charge in [0.2, 0.25) is 0 Å². The van der Waals surface area contributed by atoms with Gasteiger partial charge in [-0.3, -0.25) is 4.98 Å². The van der Waals surface area contributed by atoms with Gasteiger partial charge in [-0.05, 0) is 12.1 Å². The Morgan fingerprint density at radius 3 is 1.89 bits per heavy atom. The topological polar surface area (TPSA) is 79.4 Å². The summed E-state index contributed by atoms with van der Waals surface area (Å²) in [6.07, 6.45) is 3.31. The average Bonchev–Trinajstić information content (AvgIpc) is 1.69. The van der Waals surface area contributed by atoms with Gasteiger partial charge in [-0.15, -0.1) is 0 Å². The standard InChI is InChI=1S/C5H4ClN.H3N.H2O/c6-5-1-3-7-4-2-5;;/h1-4H;1H3;1H2. The minimum absolute atomic E-state index is 0. The number of aromatic nitrogens is 1. The molecule has 0 aromatic carbocycles. The SMILES string of the molecule is Clc1ccncc1.N.O. The van der Waals surface area contributed by atoms with E-state index >= 15 is 0 Å². The van der Waals surface area contributed by atoms with Gasteiger partial charge in [0.05, 0.1) is 0 Å². The van der Waals surface area contributed by atoms with Crippen LogP contribution in [0.2, 0.25) is 5.02 Å². The van der Waals surface area contributed by atoms with Gasteiger partial charge in [-0.2, -0.15) is 0 Å². The molecular weight excluding hydrogens is 140 g/mol. The van der Waals surface area contributed by atoms with Crippen LogP contribution in [-0.2, 0) is 0 Å². The first-order valence-electron chi connectivity index (χ1n) is 1.95. The van der Waals surface area contributed by atoms with Crippen LogP contribution in [0.5, 0.6) is 0 Å². The molecule has 1 aromatic heterocycles. The lowest BCUT2D eigenvalue weighted by molar-refractivity contribution is 0.824. The molecule has 0 aliphatic carbocycles. The maximum atomic E-state index is 5.50. The minimum atomic E-state index is 0. The van der Waals surface area contributed by atoms with Crippen molar-refractivity contribution in [1.82, 2.24) is 11.1 Å². The molecule has 0 saturated carbocycles. The molecule has 1 aromatic rings. The maximum Gasteiger partial charge on any atom is 0.0436 e. The Bertz CT molecular complexity index is 145. The number of hydrogen-bond acceptors (Lipinski definition) is 2. The summed E-state index contributed by atoms with van der Waals surface area (Å²) in [4.78, 5) is 3.76. The average molecular weight is 149 g/mol. The summed E-state index contributed by atoms with van der Waals surface area (Å²) in [7, 11) is 0. The first-order chi connectivity index (χ1) is 3.39. The van der Waals surface area contributed by atoms with Crippen molar-refractivity contribution in [3.63, 3.8) is 0 Å². The van der Waals surface area contributed by atoms with Crippen LogP contribution in [0.15, 0.2) is 24.5 Å². The van der Waals surface area contributed by atoms with E-state index < -0.39 is 0 Å². The van der Waals surface area contributed by atoms with E-state index in [9.17, 15) is 0 Å². The molecular formula is C5H9ClN2O. The zero-order chi connectivity index (χ0) is 5.11. The van der Waals surface area contributed by atoms with Gasteiger partial charge >= 0.3 is 0 Å². The van der Waals surface area contributed by atoms with Crippen molar-refractivity contribution in [2.24, 2.45) is 0 Å². The highest BCUT2D eigenvalue weighted by atomic mass is 35.5. The van der Waals surface area contributed by atoms with E-state index in [-0.39, 0.29) is 11.6 Å². The van der Waals surface area contributed by atoms with E-state index in [0.717, 1.165) is 5.02 Å². The van der Waals surface area contributed by atoms with Gasteiger partial charge in [0.25, 0.3) is 0 Å². The summed E-state index contributed by atoms with van der Waals surface area (Å²) in [5.74, 6) is 0. The first-order valence-corrected chi connectivity index (χ1v) is 2.33. The molecule has 5 N–H and O–H groups in total. The highest BCUT2D eigenvalue weighted by Crippen LogP contribution is 2.01. The van der Waals surface area contributed by atoms with E-state index in [4.69, 9.17) is 11.6 Å². The second-order valence-electron chi connectivity index (χ2n) is 1.17. The normalized spacial score (nSPS) is 6.78. The van der Waals surface area contributed by atoms with Crippen molar-refractivity contribution in [3.05, 3.63) is 29.5 Å². The molecule has 0 amide bonds. The molecule has 0 aliphatic heterocycles. The fourth-order valence-corrected chi connectivity index (χ4v) is 0.446. The molecule has 1 heterocycles. The van der Waals surface area contributed by atoms with Crippen molar-refractivity contribution < 1.29 is 5.48 Å². The smallest absolute Gasteiger partial charge is 0.0436 e. The number of hydrogen-bond donors (Lipinski definition) is 1. The second kappa shape index (κ2) is 5.50. The minimum Gasteiger partial charge on any atom is -0.412 e. The lowest BCUT2D eigenvalue weighted by Crippen LogP contribution is -1.63. The third-order valence-electron chi connectivity index (χ3n) is 0.640. The molecule has 0 saturated heterocycles. The van der Waals surface area contributed by atoms with Crippen LogP contribution in [0.3, 0.4) is 0 Å². The summed E-state index contributed by atoms with van der Waals surface area (Å²) in [6.45, 7) is 0. The molecule has 52 valence electrons. The molecule has 9 heavy (non-hydrogen) atoms. The van der Waals surface area contributed by atoms with Gasteiger partial charge in [0, 0.05) is 17.4 Å².